The topological polar surface area (TPSA) is 60.2 Å². The van der Waals surface area contributed by atoms with Gasteiger partial charge in [0, 0.05) is 18.8 Å². The lowest BCUT2D eigenvalue weighted by atomic mass is 9.95. The van der Waals surface area contributed by atoms with Crippen molar-refractivity contribution in [3.63, 3.8) is 0 Å². The Morgan fingerprint density at radius 3 is 2.18 bits per heavy atom. The summed E-state index contributed by atoms with van der Waals surface area (Å²) in [5.74, 6) is -0.414. The number of Topliss-reactive ketones (excluding diaryl/α,β-unsaturated/α-hetero) is 1. The van der Waals surface area contributed by atoms with Crippen molar-refractivity contribution >= 4 is 11.7 Å². The van der Waals surface area contributed by atoms with E-state index in [4.69, 9.17) is 5.73 Å². The highest BCUT2D eigenvalue weighted by atomic mass is 16.1. The quantitative estimate of drug-likeness (QED) is 0.643. The van der Waals surface area contributed by atoms with Crippen LogP contribution in [0.5, 0.6) is 0 Å². The third-order valence-corrected chi connectivity index (χ3v) is 1.74. The van der Waals surface area contributed by atoms with Crippen LogP contribution in [0.3, 0.4) is 0 Å². The molecule has 0 aromatic carbocycles. The summed E-state index contributed by atoms with van der Waals surface area (Å²) < 4.78 is 0. The second kappa shape index (κ2) is 4.88. The predicted octanol–water partition coefficient (Wildman–Crippen LogP) is 0.867. The largest absolute Gasteiger partial charge is 0.370 e. The third-order valence-electron chi connectivity index (χ3n) is 1.74. The molecule has 3 nitrogen and oxygen atoms in total. The number of ketones is 1. The molecule has 0 aromatic rings. The average molecular weight is 157 g/mol. The van der Waals surface area contributed by atoms with E-state index in [2.05, 4.69) is 0 Å². The van der Waals surface area contributed by atoms with E-state index in [0.29, 0.717) is 12.8 Å². The fourth-order valence-corrected chi connectivity index (χ4v) is 1.02. The van der Waals surface area contributed by atoms with Crippen molar-refractivity contribution < 1.29 is 9.59 Å². The Labute approximate surface area is 67.0 Å². The normalized spacial score (nSPS) is 12.5. The van der Waals surface area contributed by atoms with E-state index < -0.39 is 5.91 Å². The molecule has 0 saturated heterocycles. The maximum atomic E-state index is 11.1. The summed E-state index contributed by atoms with van der Waals surface area (Å²) in [5.41, 5.74) is 4.97. The van der Waals surface area contributed by atoms with Gasteiger partial charge in [0.15, 0.2) is 0 Å². The molecule has 0 aromatic heterocycles. The van der Waals surface area contributed by atoms with Crippen LogP contribution in [-0.4, -0.2) is 11.7 Å². The lowest BCUT2D eigenvalue weighted by Crippen LogP contribution is -2.21. The molecule has 2 N–H and O–H groups in total. The van der Waals surface area contributed by atoms with Crippen LogP contribution in [0.15, 0.2) is 0 Å². The first-order chi connectivity index (χ1) is 5.11. The second-order valence-corrected chi connectivity index (χ2v) is 2.60. The molecule has 0 aliphatic carbocycles. The first-order valence-electron chi connectivity index (χ1n) is 3.92. The van der Waals surface area contributed by atoms with Gasteiger partial charge in [-0.15, -0.1) is 0 Å². The maximum absolute atomic E-state index is 11.1. The van der Waals surface area contributed by atoms with Crippen molar-refractivity contribution in [1.29, 1.82) is 0 Å². The number of hydrogen-bond donors (Lipinski definition) is 1. The van der Waals surface area contributed by atoms with Gasteiger partial charge in [0.1, 0.15) is 5.78 Å². The van der Waals surface area contributed by atoms with Gasteiger partial charge >= 0.3 is 0 Å². The average Bonchev–Trinajstić information content (AvgIpc) is 1.98. The molecule has 0 radical (unpaired) electrons. The van der Waals surface area contributed by atoms with E-state index in [1.807, 2.05) is 6.92 Å². The Hall–Kier alpha value is -0.860. The second-order valence-electron chi connectivity index (χ2n) is 2.60. The van der Waals surface area contributed by atoms with Crippen molar-refractivity contribution in [3.8, 4) is 0 Å². The highest BCUT2D eigenvalue weighted by Crippen LogP contribution is 2.10. The molecule has 0 rings (SSSR count). The molecule has 0 bridgehead atoms. The minimum Gasteiger partial charge on any atom is -0.370 e. The molecule has 0 aliphatic heterocycles. The molecule has 0 aliphatic rings. The van der Waals surface area contributed by atoms with Gasteiger partial charge in [-0.1, -0.05) is 13.8 Å². The summed E-state index contributed by atoms with van der Waals surface area (Å²) in [6.45, 7) is 3.69. The van der Waals surface area contributed by atoms with E-state index in [9.17, 15) is 9.59 Å². The standard InChI is InChI=1S/C8H15NO2/c1-3-6(5-8(9)11)7(10)4-2/h6H,3-5H2,1-2H3,(H2,9,11). The van der Waals surface area contributed by atoms with E-state index in [1.165, 1.54) is 0 Å². The minimum atomic E-state index is -0.390. The Balaban J connectivity index is 3.94. The van der Waals surface area contributed by atoms with Crippen LogP contribution in [0, 0.1) is 5.92 Å². The monoisotopic (exact) mass is 157 g/mol. The van der Waals surface area contributed by atoms with Gasteiger partial charge in [0.05, 0.1) is 0 Å². The molecular formula is C8H15NO2. The number of carbonyl (C=O) groups is 2. The Kier molecular flexibility index (Phi) is 4.50. The molecule has 1 atom stereocenters. The summed E-state index contributed by atoms with van der Waals surface area (Å²) in [5, 5.41) is 0. The molecule has 0 fully saturated rings. The first kappa shape index (κ1) is 10.1. The van der Waals surface area contributed by atoms with Crippen LogP contribution < -0.4 is 5.73 Å². The van der Waals surface area contributed by atoms with Gasteiger partial charge in [0.25, 0.3) is 0 Å². The number of rotatable bonds is 5. The molecular weight excluding hydrogens is 142 g/mol. The lowest BCUT2D eigenvalue weighted by molar-refractivity contribution is -0.127. The summed E-state index contributed by atoms with van der Waals surface area (Å²) in [6.07, 6.45) is 1.39. The van der Waals surface area contributed by atoms with Gasteiger partial charge in [-0.3, -0.25) is 9.59 Å². The van der Waals surface area contributed by atoms with Gasteiger partial charge in [0.2, 0.25) is 5.91 Å². The van der Waals surface area contributed by atoms with Crippen molar-refractivity contribution in [2.45, 2.75) is 33.1 Å². The summed E-state index contributed by atoms with van der Waals surface area (Å²) >= 11 is 0. The van der Waals surface area contributed by atoms with Crippen LogP contribution in [0.2, 0.25) is 0 Å². The highest BCUT2D eigenvalue weighted by molar-refractivity contribution is 5.86. The molecule has 1 amide bonds. The van der Waals surface area contributed by atoms with Crippen molar-refractivity contribution in [3.05, 3.63) is 0 Å². The molecule has 0 heterocycles. The van der Waals surface area contributed by atoms with Gasteiger partial charge in [-0.25, -0.2) is 0 Å². The van der Waals surface area contributed by atoms with E-state index in [1.54, 1.807) is 6.92 Å². The third kappa shape index (κ3) is 3.75. The van der Waals surface area contributed by atoms with Crippen LogP contribution >= 0.6 is 0 Å². The fourth-order valence-electron chi connectivity index (χ4n) is 1.02. The zero-order chi connectivity index (χ0) is 8.85. The van der Waals surface area contributed by atoms with E-state index in [0.717, 1.165) is 0 Å². The summed E-state index contributed by atoms with van der Waals surface area (Å²) in [6, 6.07) is 0. The van der Waals surface area contributed by atoms with Crippen LogP contribution in [0.1, 0.15) is 33.1 Å². The number of carbonyl (C=O) groups excluding carboxylic acids is 2. The zero-order valence-electron chi connectivity index (χ0n) is 7.09. The Bertz CT molecular complexity index is 154. The van der Waals surface area contributed by atoms with E-state index in [-0.39, 0.29) is 18.1 Å². The molecule has 3 heteroatoms. The maximum Gasteiger partial charge on any atom is 0.218 e. The lowest BCUT2D eigenvalue weighted by Gasteiger charge is -2.08. The van der Waals surface area contributed by atoms with Crippen molar-refractivity contribution in [1.82, 2.24) is 0 Å². The van der Waals surface area contributed by atoms with Gasteiger partial charge < -0.3 is 5.73 Å². The summed E-state index contributed by atoms with van der Waals surface area (Å²) in [7, 11) is 0. The Morgan fingerprint density at radius 2 is 1.91 bits per heavy atom. The molecule has 0 saturated carbocycles. The fraction of sp³-hybridized carbons (Fsp3) is 0.750. The van der Waals surface area contributed by atoms with Crippen LogP contribution in [0.25, 0.3) is 0 Å². The number of amides is 1. The molecule has 11 heavy (non-hydrogen) atoms. The van der Waals surface area contributed by atoms with Gasteiger partial charge in [-0.05, 0) is 6.42 Å². The minimum absolute atomic E-state index is 0.131. The smallest absolute Gasteiger partial charge is 0.218 e. The number of primary amides is 1. The highest BCUT2D eigenvalue weighted by Gasteiger charge is 2.16. The van der Waals surface area contributed by atoms with Crippen molar-refractivity contribution in [2.24, 2.45) is 11.7 Å². The zero-order valence-corrected chi connectivity index (χ0v) is 7.09. The number of hydrogen-bond acceptors (Lipinski definition) is 2. The molecule has 1 unspecified atom stereocenters. The van der Waals surface area contributed by atoms with Crippen molar-refractivity contribution in [2.75, 3.05) is 0 Å². The van der Waals surface area contributed by atoms with Crippen LogP contribution in [-0.2, 0) is 9.59 Å². The SMILES string of the molecule is CCC(=O)C(CC)CC(N)=O. The first-order valence-corrected chi connectivity index (χ1v) is 3.92. The summed E-state index contributed by atoms with van der Waals surface area (Å²) in [4.78, 5) is 21.5. The van der Waals surface area contributed by atoms with Gasteiger partial charge in [-0.2, -0.15) is 0 Å². The number of nitrogens with two attached hydrogens (primary N) is 1. The molecule has 0 spiro atoms. The van der Waals surface area contributed by atoms with E-state index >= 15 is 0 Å². The Morgan fingerprint density at radius 1 is 1.36 bits per heavy atom. The predicted molar refractivity (Wildman–Crippen MR) is 42.9 cm³/mol. The van der Waals surface area contributed by atoms with Crippen LogP contribution in [0.4, 0.5) is 0 Å². The molecule has 64 valence electrons.